The maximum absolute atomic E-state index is 12.9. The molecule has 0 bridgehead atoms. The van der Waals surface area contributed by atoms with E-state index in [0.717, 1.165) is 0 Å². The van der Waals surface area contributed by atoms with Gasteiger partial charge in [0.15, 0.2) is 5.78 Å². The maximum Gasteiger partial charge on any atom is 0.340 e. The fraction of sp³-hybridized carbons (Fsp3) is 0.368. The number of nitro benzene ring substituents is 1. The van der Waals surface area contributed by atoms with E-state index < -0.39 is 16.8 Å². The van der Waals surface area contributed by atoms with Crippen molar-refractivity contribution >= 4 is 17.4 Å². The first-order valence-corrected chi connectivity index (χ1v) is 8.41. The zero-order chi connectivity index (χ0) is 19.9. The summed E-state index contributed by atoms with van der Waals surface area (Å²) in [5, 5.41) is 11.2. The third-order valence-corrected chi connectivity index (χ3v) is 4.77. The second-order valence-corrected chi connectivity index (χ2v) is 7.43. The molecule has 1 atom stereocenters. The first-order valence-electron chi connectivity index (χ1n) is 8.41. The summed E-state index contributed by atoms with van der Waals surface area (Å²) in [6, 6.07) is 5.81. The van der Waals surface area contributed by atoms with Gasteiger partial charge in [-0.15, -0.1) is 0 Å². The Morgan fingerprint density at radius 2 is 2.07 bits per heavy atom. The standard InChI is InChI=1S/C19H20N2O6/c1-19(2)8-12(22)15-13(9-19)27-17(20)16(18(23)26-3)14(15)10-5-4-6-11(7-10)21(24)25/h4-7,14H,8-9,20H2,1-3H3. The van der Waals surface area contributed by atoms with Crippen LogP contribution in [0, 0.1) is 15.5 Å². The summed E-state index contributed by atoms with van der Waals surface area (Å²) < 4.78 is 10.5. The van der Waals surface area contributed by atoms with Crippen molar-refractivity contribution < 1.29 is 24.0 Å². The molecule has 1 aromatic carbocycles. The van der Waals surface area contributed by atoms with Crippen molar-refractivity contribution in [3.8, 4) is 0 Å². The number of nitrogens with zero attached hydrogens (tertiary/aromatic N) is 1. The molecule has 0 fully saturated rings. The highest BCUT2D eigenvalue weighted by molar-refractivity contribution is 6.03. The lowest BCUT2D eigenvalue weighted by Gasteiger charge is -2.37. The summed E-state index contributed by atoms with van der Waals surface area (Å²) in [5.74, 6) is -1.54. The zero-order valence-electron chi connectivity index (χ0n) is 15.3. The SMILES string of the molecule is COC(=O)C1=C(N)OC2=C(C(=O)CC(C)(C)C2)C1c1cccc([N+](=O)[O-])c1. The van der Waals surface area contributed by atoms with Crippen LogP contribution in [-0.2, 0) is 19.1 Å². The molecule has 27 heavy (non-hydrogen) atoms. The number of benzene rings is 1. The van der Waals surface area contributed by atoms with E-state index in [1.54, 1.807) is 6.07 Å². The van der Waals surface area contributed by atoms with E-state index in [2.05, 4.69) is 0 Å². The lowest BCUT2D eigenvalue weighted by Crippen LogP contribution is -2.35. The molecule has 0 amide bonds. The minimum atomic E-state index is -0.871. The number of carbonyl (C=O) groups is 2. The number of carbonyl (C=O) groups excluding carboxylic acids is 2. The highest BCUT2D eigenvalue weighted by atomic mass is 16.6. The van der Waals surface area contributed by atoms with Crippen molar-refractivity contribution in [3.05, 3.63) is 62.7 Å². The molecule has 3 rings (SSSR count). The summed E-state index contributed by atoms with van der Waals surface area (Å²) in [4.78, 5) is 35.9. The molecule has 1 aliphatic carbocycles. The predicted molar refractivity (Wildman–Crippen MR) is 95.2 cm³/mol. The Hall–Kier alpha value is -3.16. The largest absolute Gasteiger partial charge is 0.465 e. The third-order valence-electron chi connectivity index (χ3n) is 4.77. The van der Waals surface area contributed by atoms with E-state index >= 15 is 0 Å². The van der Waals surface area contributed by atoms with Gasteiger partial charge in [0.25, 0.3) is 5.69 Å². The van der Waals surface area contributed by atoms with Gasteiger partial charge in [-0.25, -0.2) is 4.79 Å². The summed E-state index contributed by atoms with van der Waals surface area (Å²) in [6.07, 6.45) is 0.740. The molecule has 1 unspecified atom stereocenters. The van der Waals surface area contributed by atoms with Gasteiger partial charge in [0.1, 0.15) is 11.3 Å². The number of methoxy groups -OCH3 is 1. The first-order chi connectivity index (χ1) is 12.6. The van der Waals surface area contributed by atoms with Crippen LogP contribution in [0.3, 0.4) is 0 Å². The fourth-order valence-electron chi connectivity index (χ4n) is 3.64. The molecule has 142 valence electrons. The van der Waals surface area contributed by atoms with Gasteiger partial charge in [-0.1, -0.05) is 26.0 Å². The molecule has 0 radical (unpaired) electrons. The molecule has 1 aromatic rings. The van der Waals surface area contributed by atoms with Crippen molar-refractivity contribution in [2.45, 2.75) is 32.6 Å². The first kappa shape index (κ1) is 18.6. The monoisotopic (exact) mass is 372 g/mol. The van der Waals surface area contributed by atoms with E-state index in [1.807, 2.05) is 13.8 Å². The van der Waals surface area contributed by atoms with Crippen LogP contribution in [0.1, 0.15) is 38.2 Å². The van der Waals surface area contributed by atoms with Crippen LogP contribution < -0.4 is 5.73 Å². The highest BCUT2D eigenvalue weighted by Crippen LogP contribution is 2.48. The number of allylic oxidation sites excluding steroid dienone is 2. The number of nitro groups is 1. The van der Waals surface area contributed by atoms with Crippen molar-refractivity contribution in [2.75, 3.05) is 7.11 Å². The molecule has 2 N–H and O–H groups in total. The molecule has 8 nitrogen and oxygen atoms in total. The fourth-order valence-corrected chi connectivity index (χ4v) is 3.64. The van der Waals surface area contributed by atoms with Crippen LogP contribution in [0.15, 0.2) is 47.1 Å². The van der Waals surface area contributed by atoms with Crippen LogP contribution in [0.2, 0.25) is 0 Å². The molecule has 1 heterocycles. The van der Waals surface area contributed by atoms with Crippen molar-refractivity contribution in [3.63, 3.8) is 0 Å². The minimum absolute atomic E-state index is 0.0233. The van der Waals surface area contributed by atoms with Crippen LogP contribution in [0.5, 0.6) is 0 Å². The number of non-ortho nitro benzene ring substituents is 1. The lowest BCUT2D eigenvalue weighted by molar-refractivity contribution is -0.384. The third kappa shape index (κ3) is 3.30. The summed E-state index contributed by atoms with van der Waals surface area (Å²) >= 11 is 0. The van der Waals surface area contributed by atoms with Gasteiger partial charge in [-0.05, 0) is 11.0 Å². The van der Waals surface area contributed by atoms with Gasteiger partial charge in [-0.3, -0.25) is 14.9 Å². The maximum atomic E-state index is 12.9. The molecule has 1 aliphatic heterocycles. The number of ether oxygens (including phenoxy) is 2. The van der Waals surface area contributed by atoms with Gasteiger partial charge < -0.3 is 15.2 Å². The van der Waals surface area contributed by atoms with E-state index in [9.17, 15) is 19.7 Å². The number of esters is 1. The average Bonchev–Trinajstić information content (AvgIpc) is 2.58. The normalized spacial score (nSPS) is 21.4. The summed E-state index contributed by atoms with van der Waals surface area (Å²) in [5.41, 5.74) is 6.24. The Bertz CT molecular complexity index is 913. The van der Waals surface area contributed by atoms with Crippen LogP contribution >= 0.6 is 0 Å². The number of rotatable bonds is 3. The summed E-state index contributed by atoms with van der Waals surface area (Å²) in [6.45, 7) is 3.88. The van der Waals surface area contributed by atoms with Gasteiger partial charge in [-0.2, -0.15) is 0 Å². The van der Waals surface area contributed by atoms with Crippen LogP contribution in [0.25, 0.3) is 0 Å². The number of hydrogen-bond donors (Lipinski definition) is 1. The number of ketones is 1. The Morgan fingerprint density at radius 3 is 2.70 bits per heavy atom. The molecular formula is C19H20N2O6. The van der Waals surface area contributed by atoms with E-state index in [-0.39, 0.29) is 34.8 Å². The Morgan fingerprint density at radius 1 is 1.37 bits per heavy atom. The molecule has 0 saturated heterocycles. The van der Waals surface area contributed by atoms with Gasteiger partial charge in [0, 0.05) is 30.5 Å². The average molecular weight is 372 g/mol. The highest BCUT2D eigenvalue weighted by Gasteiger charge is 2.45. The zero-order valence-corrected chi connectivity index (χ0v) is 15.3. The quantitative estimate of drug-likeness (QED) is 0.492. The number of hydrogen-bond acceptors (Lipinski definition) is 7. The number of nitrogens with two attached hydrogens (primary N) is 1. The van der Waals surface area contributed by atoms with Crippen molar-refractivity contribution in [2.24, 2.45) is 11.1 Å². The van der Waals surface area contributed by atoms with Gasteiger partial charge in [0.05, 0.1) is 18.0 Å². The Labute approximate surface area is 155 Å². The second kappa shape index (κ2) is 6.53. The van der Waals surface area contributed by atoms with Crippen LogP contribution in [-0.4, -0.2) is 23.8 Å². The molecule has 0 saturated carbocycles. The van der Waals surface area contributed by atoms with Crippen molar-refractivity contribution in [1.29, 1.82) is 0 Å². The summed E-state index contributed by atoms with van der Waals surface area (Å²) in [7, 11) is 1.20. The smallest absolute Gasteiger partial charge is 0.340 e. The Balaban J connectivity index is 2.23. The lowest BCUT2D eigenvalue weighted by atomic mass is 9.70. The Kier molecular flexibility index (Phi) is 4.51. The van der Waals surface area contributed by atoms with E-state index in [4.69, 9.17) is 15.2 Å². The minimum Gasteiger partial charge on any atom is -0.465 e. The van der Waals surface area contributed by atoms with Crippen molar-refractivity contribution in [1.82, 2.24) is 0 Å². The second-order valence-electron chi connectivity index (χ2n) is 7.43. The molecule has 0 aromatic heterocycles. The molecule has 8 heteroatoms. The predicted octanol–water partition coefficient (Wildman–Crippen LogP) is 2.70. The number of Topliss-reactive ketones (excluding diaryl/α,β-unsaturated/α-hetero) is 1. The topological polar surface area (TPSA) is 122 Å². The molecule has 2 aliphatic rings. The molecule has 0 spiro atoms. The van der Waals surface area contributed by atoms with Crippen LogP contribution in [0.4, 0.5) is 5.69 Å². The van der Waals surface area contributed by atoms with Gasteiger partial charge >= 0.3 is 5.97 Å². The molecular weight excluding hydrogens is 352 g/mol. The van der Waals surface area contributed by atoms with E-state index in [1.165, 1.54) is 25.3 Å². The van der Waals surface area contributed by atoms with E-state index in [0.29, 0.717) is 23.3 Å². The van der Waals surface area contributed by atoms with Gasteiger partial charge in [0.2, 0.25) is 5.88 Å².